The Kier molecular flexibility index (Phi) is 7.23. The van der Waals surface area contributed by atoms with Gasteiger partial charge in [0.15, 0.2) is 5.16 Å². The fourth-order valence-electron chi connectivity index (χ4n) is 1.98. The van der Waals surface area contributed by atoms with Crippen LogP contribution in [0.1, 0.15) is 29.4 Å². The number of carbonyl (C=O) groups excluding carboxylic acids is 2. The van der Waals surface area contributed by atoms with Crippen LogP contribution in [-0.2, 0) is 9.53 Å². The maximum absolute atomic E-state index is 12.1. The van der Waals surface area contributed by atoms with Gasteiger partial charge in [0, 0.05) is 17.4 Å². The number of nitrogens with zero attached hydrogens (tertiary/aromatic N) is 1. The molecule has 2 N–H and O–H groups in total. The lowest BCUT2D eigenvalue weighted by atomic mass is 10.2. The summed E-state index contributed by atoms with van der Waals surface area (Å²) in [5.74, 6) is -0.803. The van der Waals surface area contributed by atoms with Crippen molar-refractivity contribution in [2.24, 2.45) is 0 Å². The summed E-state index contributed by atoms with van der Waals surface area (Å²) in [6.07, 6.45) is 0.700. The topological polar surface area (TPSA) is 101 Å². The fraction of sp³-hybridized carbons (Fsp3) is 0.294. The van der Waals surface area contributed by atoms with Crippen molar-refractivity contribution in [1.82, 2.24) is 9.97 Å². The number of amides is 1. The van der Waals surface area contributed by atoms with Gasteiger partial charge in [0.2, 0.25) is 5.91 Å². The Hall–Kier alpha value is -2.32. The standard InChI is InChI=1S/C17H18ClN3O4S/c1-3-6-25-16(24)12-8-11(4-5-13(12)18)20-15(23)9-26-17-19-10(2)7-14(22)21-17/h4-5,7-8H,3,6,9H2,1-2H3,(H,20,23)(H,19,21,22). The van der Waals surface area contributed by atoms with Gasteiger partial charge >= 0.3 is 5.97 Å². The lowest BCUT2D eigenvalue weighted by Crippen LogP contribution is -2.16. The lowest BCUT2D eigenvalue weighted by molar-refractivity contribution is -0.113. The molecule has 2 rings (SSSR count). The first-order chi connectivity index (χ1) is 12.4. The van der Waals surface area contributed by atoms with Gasteiger partial charge in [-0.25, -0.2) is 9.78 Å². The van der Waals surface area contributed by atoms with Crippen LogP contribution in [0.4, 0.5) is 5.69 Å². The van der Waals surface area contributed by atoms with Crippen molar-refractivity contribution in [1.29, 1.82) is 0 Å². The molecule has 0 atom stereocenters. The third-order valence-electron chi connectivity index (χ3n) is 3.10. The van der Waals surface area contributed by atoms with Crippen LogP contribution in [0.3, 0.4) is 0 Å². The number of H-pyrrole nitrogens is 1. The van der Waals surface area contributed by atoms with Crippen LogP contribution in [0.2, 0.25) is 5.02 Å². The molecule has 0 bridgehead atoms. The number of anilines is 1. The van der Waals surface area contributed by atoms with E-state index >= 15 is 0 Å². The third kappa shape index (κ3) is 5.89. The number of aromatic nitrogens is 2. The van der Waals surface area contributed by atoms with Gasteiger partial charge in [-0.3, -0.25) is 9.59 Å². The van der Waals surface area contributed by atoms with E-state index in [1.807, 2.05) is 6.92 Å². The number of nitrogens with one attached hydrogen (secondary N) is 2. The van der Waals surface area contributed by atoms with E-state index in [2.05, 4.69) is 15.3 Å². The smallest absolute Gasteiger partial charge is 0.339 e. The highest BCUT2D eigenvalue weighted by Crippen LogP contribution is 2.22. The molecule has 2 aromatic rings. The Morgan fingerprint density at radius 2 is 2.12 bits per heavy atom. The Labute approximate surface area is 159 Å². The van der Waals surface area contributed by atoms with Crippen LogP contribution in [-0.4, -0.2) is 34.2 Å². The SMILES string of the molecule is CCCOC(=O)c1cc(NC(=O)CSc2nc(C)cc(=O)[nH]2)ccc1Cl. The number of thioether (sulfide) groups is 1. The second-order valence-electron chi connectivity index (χ2n) is 5.36. The molecule has 1 aromatic carbocycles. The highest BCUT2D eigenvalue weighted by atomic mass is 35.5. The van der Waals surface area contributed by atoms with Crippen molar-refractivity contribution >= 4 is 40.9 Å². The first-order valence-electron chi connectivity index (χ1n) is 7.86. The summed E-state index contributed by atoms with van der Waals surface area (Å²) in [5.41, 5.74) is 0.919. The molecule has 0 aliphatic rings. The first-order valence-corrected chi connectivity index (χ1v) is 9.22. The highest BCUT2D eigenvalue weighted by molar-refractivity contribution is 7.99. The second kappa shape index (κ2) is 9.40. The van der Waals surface area contributed by atoms with Gasteiger partial charge in [-0.1, -0.05) is 30.3 Å². The number of hydrogen-bond donors (Lipinski definition) is 2. The summed E-state index contributed by atoms with van der Waals surface area (Å²) >= 11 is 7.12. The molecule has 0 radical (unpaired) electrons. The first kappa shape index (κ1) is 20.0. The molecule has 26 heavy (non-hydrogen) atoms. The normalized spacial score (nSPS) is 10.4. The van der Waals surface area contributed by atoms with E-state index in [0.29, 0.717) is 29.6 Å². The van der Waals surface area contributed by atoms with E-state index in [-0.39, 0.29) is 27.8 Å². The van der Waals surface area contributed by atoms with Crippen molar-refractivity contribution in [3.63, 3.8) is 0 Å². The van der Waals surface area contributed by atoms with Gasteiger partial charge in [-0.15, -0.1) is 0 Å². The molecule has 0 unspecified atom stereocenters. The minimum atomic E-state index is -0.538. The van der Waals surface area contributed by atoms with E-state index < -0.39 is 5.97 Å². The van der Waals surface area contributed by atoms with Crippen LogP contribution >= 0.6 is 23.4 Å². The molecule has 0 saturated heterocycles. The second-order valence-corrected chi connectivity index (χ2v) is 6.73. The molecule has 9 heteroatoms. The van der Waals surface area contributed by atoms with Gasteiger partial charge in [0.25, 0.3) is 5.56 Å². The van der Waals surface area contributed by atoms with Crippen LogP contribution in [0.25, 0.3) is 0 Å². The monoisotopic (exact) mass is 395 g/mol. The van der Waals surface area contributed by atoms with Crippen LogP contribution in [0.15, 0.2) is 34.2 Å². The number of esters is 1. The van der Waals surface area contributed by atoms with Gasteiger partial charge in [0.05, 0.1) is 22.9 Å². The molecule has 1 amide bonds. The van der Waals surface area contributed by atoms with Crippen molar-refractivity contribution < 1.29 is 14.3 Å². The zero-order chi connectivity index (χ0) is 19.1. The fourth-order valence-corrected chi connectivity index (χ4v) is 2.90. The van der Waals surface area contributed by atoms with Gasteiger partial charge in [-0.2, -0.15) is 0 Å². The van der Waals surface area contributed by atoms with E-state index in [1.54, 1.807) is 13.0 Å². The molecule has 0 aliphatic carbocycles. The predicted octanol–water partition coefficient (Wildman–Crippen LogP) is 3.03. The number of rotatable bonds is 7. The number of carbonyl (C=O) groups is 2. The number of ether oxygens (including phenoxy) is 1. The van der Waals surface area contributed by atoms with E-state index in [0.717, 1.165) is 11.8 Å². The molecule has 0 aliphatic heterocycles. The summed E-state index contributed by atoms with van der Waals surface area (Å²) in [7, 11) is 0. The molecule has 0 saturated carbocycles. The Morgan fingerprint density at radius 3 is 2.81 bits per heavy atom. The number of hydrogen-bond acceptors (Lipinski definition) is 6. The largest absolute Gasteiger partial charge is 0.462 e. The van der Waals surface area contributed by atoms with Crippen LogP contribution in [0.5, 0.6) is 0 Å². The Bertz CT molecular complexity index is 869. The third-order valence-corrected chi connectivity index (χ3v) is 4.30. The predicted molar refractivity (Wildman–Crippen MR) is 101 cm³/mol. The summed E-state index contributed by atoms with van der Waals surface area (Å²) in [5, 5.41) is 3.29. The molecular weight excluding hydrogens is 378 g/mol. The minimum Gasteiger partial charge on any atom is -0.462 e. The van der Waals surface area contributed by atoms with E-state index in [4.69, 9.17) is 16.3 Å². The molecule has 138 valence electrons. The zero-order valence-electron chi connectivity index (χ0n) is 14.3. The number of aromatic amines is 1. The average Bonchev–Trinajstić information content (AvgIpc) is 2.58. The Morgan fingerprint density at radius 1 is 1.35 bits per heavy atom. The van der Waals surface area contributed by atoms with Crippen LogP contribution in [0, 0.1) is 6.92 Å². The van der Waals surface area contributed by atoms with Crippen LogP contribution < -0.4 is 10.9 Å². The minimum absolute atomic E-state index is 0.0463. The molecule has 1 aromatic heterocycles. The van der Waals surface area contributed by atoms with Crippen molar-refractivity contribution in [2.45, 2.75) is 25.4 Å². The summed E-state index contributed by atoms with van der Waals surface area (Å²) < 4.78 is 5.06. The molecule has 7 nitrogen and oxygen atoms in total. The van der Waals surface area contributed by atoms with Gasteiger partial charge < -0.3 is 15.0 Å². The quantitative estimate of drug-likeness (QED) is 0.424. The number of halogens is 1. The maximum Gasteiger partial charge on any atom is 0.339 e. The van der Waals surface area contributed by atoms with E-state index in [1.165, 1.54) is 18.2 Å². The van der Waals surface area contributed by atoms with E-state index in [9.17, 15) is 14.4 Å². The molecule has 1 heterocycles. The molecular formula is C17H18ClN3O4S. The van der Waals surface area contributed by atoms with Gasteiger partial charge in [-0.05, 0) is 31.5 Å². The van der Waals surface area contributed by atoms with Crippen molar-refractivity contribution in [2.75, 3.05) is 17.7 Å². The average molecular weight is 396 g/mol. The lowest BCUT2D eigenvalue weighted by Gasteiger charge is -2.09. The maximum atomic E-state index is 12.1. The van der Waals surface area contributed by atoms with Gasteiger partial charge in [0.1, 0.15) is 0 Å². The number of aryl methyl sites for hydroxylation is 1. The number of benzene rings is 1. The molecule has 0 fully saturated rings. The Balaban J connectivity index is 2.00. The summed E-state index contributed by atoms with van der Waals surface area (Å²) in [4.78, 5) is 42.1. The summed E-state index contributed by atoms with van der Waals surface area (Å²) in [6.45, 7) is 3.88. The summed E-state index contributed by atoms with van der Waals surface area (Å²) in [6, 6.07) is 5.95. The van der Waals surface area contributed by atoms with Crippen molar-refractivity contribution in [3.8, 4) is 0 Å². The molecule has 0 spiro atoms. The zero-order valence-corrected chi connectivity index (χ0v) is 15.9. The van der Waals surface area contributed by atoms with Crippen molar-refractivity contribution in [3.05, 3.63) is 50.9 Å². The highest BCUT2D eigenvalue weighted by Gasteiger charge is 2.14.